The molecule has 2 bridgehead atoms. The number of methoxy groups -OCH3 is 1. The van der Waals surface area contributed by atoms with Gasteiger partial charge in [-0.1, -0.05) is 0 Å². The van der Waals surface area contributed by atoms with Gasteiger partial charge in [0.2, 0.25) is 0 Å². The standard InChI is InChI=1S/C34H33FN4O3S/c1-17-30-28(42-2)13-22(34(41)39-16-21-6-9-25(39)31(21)36)14-29(30)43-32(17)26-12-20-5-8-24(19-7-10-27(40)23(35)11-19)37-33(20)38(26)15-18-3-4-18/h5,7-8,10-14,18,21,25,31,40H,3-4,6,9,15-16,36H2,1-2H3/t21?,25?,31-/m1/s1. The van der Waals surface area contributed by atoms with E-state index in [4.69, 9.17) is 15.5 Å². The number of hydrogen-bond acceptors (Lipinski definition) is 6. The zero-order chi connectivity index (χ0) is 29.6. The van der Waals surface area contributed by atoms with Crippen molar-refractivity contribution in [2.45, 2.75) is 51.2 Å². The van der Waals surface area contributed by atoms with E-state index in [1.165, 1.54) is 25.0 Å². The van der Waals surface area contributed by atoms with Crippen LogP contribution >= 0.6 is 11.3 Å². The molecule has 3 aliphatic rings. The van der Waals surface area contributed by atoms with Crippen molar-refractivity contribution in [3.8, 4) is 33.3 Å². The second kappa shape index (κ2) is 9.79. The predicted molar refractivity (Wildman–Crippen MR) is 167 cm³/mol. The minimum atomic E-state index is -0.666. The van der Waals surface area contributed by atoms with Gasteiger partial charge in [-0.2, -0.15) is 0 Å². The molecule has 3 atom stereocenters. The number of amides is 1. The second-order valence-corrected chi connectivity index (χ2v) is 13.5. The summed E-state index contributed by atoms with van der Waals surface area (Å²) in [6, 6.07) is 14.6. The van der Waals surface area contributed by atoms with Crippen LogP contribution in [0.25, 0.3) is 42.9 Å². The number of pyridine rings is 1. The van der Waals surface area contributed by atoms with E-state index in [0.29, 0.717) is 34.4 Å². The van der Waals surface area contributed by atoms with Crippen LogP contribution in [0.3, 0.4) is 0 Å². The molecule has 3 aromatic heterocycles. The Kier molecular flexibility index (Phi) is 6.07. The number of nitrogens with zero attached hydrogens (tertiary/aromatic N) is 3. The number of rotatable bonds is 6. The van der Waals surface area contributed by atoms with Gasteiger partial charge in [0.15, 0.2) is 11.6 Å². The van der Waals surface area contributed by atoms with E-state index < -0.39 is 5.82 Å². The van der Waals surface area contributed by atoms with Crippen LogP contribution in [0.15, 0.2) is 48.5 Å². The first-order chi connectivity index (χ1) is 20.8. The lowest BCUT2D eigenvalue weighted by molar-refractivity contribution is 0.0700. The van der Waals surface area contributed by atoms with E-state index in [9.17, 15) is 14.3 Å². The van der Waals surface area contributed by atoms with Gasteiger partial charge >= 0.3 is 0 Å². The SMILES string of the molecule is COc1cc(C(=O)N2CC3CCC2[C@@H]3N)cc2sc(-c3cc4ccc(-c5ccc(O)c(F)c5)nc4n3CC3CC3)c(C)c12. The first-order valence-corrected chi connectivity index (χ1v) is 15.8. The Labute approximate surface area is 252 Å². The number of fused-ring (bicyclic) bond motifs is 4. The summed E-state index contributed by atoms with van der Waals surface area (Å²) in [5.74, 6) is 0.685. The lowest BCUT2D eigenvalue weighted by Gasteiger charge is -2.27. The largest absolute Gasteiger partial charge is 0.505 e. The predicted octanol–water partition coefficient (Wildman–Crippen LogP) is 6.72. The van der Waals surface area contributed by atoms with Crippen LogP contribution in [-0.2, 0) is 6.54 Å². The number of likely N-dealkylation sites (tertiary alicyclic amines) is 1. The molecular formula is C34H33FN4O3S. The summed E-state index contributed by atoms with van der Waals surface area (Å²) in [4.78, 5) is 21.8. The number of carbonyl (C=O) groups excluding carboxylic acids is 1. The maximum Gasteiger partial charge on any atom is 0.254 e. The fraction of sp³-hybridized carbons (Fsp3) is 0.353. The average molecular weight is 597 g/mol. The molecule has 1 saturated heterocycles. The zero-order valence-electron chi connectivity index (χ0n) is 24.1. The molecule has 1 amide bonds. The highest BCUT2D eigenvalue weighted by molar-refractivity contribution is 7.22. The number of piperidine rings is 1. The third-order valence-electron chi connectivity index (χ3n) is 9.73. The summed E-state index contributed by atoms with van der Waals surface area (Å²) in [5.41, 5.74) is 11.4. The highest BCUT2D eigenvalue weighted by Crippen LogP contribution is 2.46. The lowest BCUT2D eigenvalue weighted by Crippen LogP contribution is -2.41. The van der Waals surface area contributed by atoms with E-state index in [2.05, 4.69) is 17.6 Å². The molecule has 7 nitrogen and oxygen atoms in total. The molecule has 1 aliphatic heterocycles. The molecule has 0 spiro atoms. The fourth-order valence-corrected chi connectivity index (χ4v) is 8.49. The van der Waals surface area contributed by atoms with Crippen molar-refractivity contribution in [2.24, 2.45) is 17.6 Å². The number of halogens is 1. The van der Waals surface area contributed by atoms with Gasteiger partial charge in [-0.05, 0) is 98.5 Å². The van der Waals surface area contributed by atoms with Gasteiger partial charge in [0.25, 0.3) is 5.91 Å². The van der Waals surface area contributed by atoms with Gasteiger partial charge in [-0.15, -0.1) is 11.3 Å². The number of thiophene rings is 1. The van der Waals surface area contributed by atoms with E-state index >= 15 is 0 Å². The van der Waals surface area contributed by atoms with Crippen molar-refractivity contribution in [3.63, 3.8) is 0 Å². The molecule has 4 heterocycles. The van der Waals surface area contributed by atoms with Crippen LogP contribution < -0.4 is 10.5 Å². The number of nitrogens with two attached hydrogens (primary N) is 1. The van der Waals surface area contributed by atoms with Crippen molar-refractivity contribution in [3.05, 3.63) is 65.5 Å². The number of aryl methyl sites for hydroxylation is 1. The van der Waals surface area contributed by atoms with Gasteiger partial charge in [-0.25, -0.2) is 9.37 Å². The highest BCUT2D eigenvalue weighted by atomic mass is 32.1. The van der Waals surface area contributed by atoms with Crippen LogP contribution in [0, 0.1) is 24.6 Å². The number of ether oxygens (including phenoxy) is 1. The molecule has 43 heavy (non-hydrogen) atoms. The molecule has 220 valence electrons. The molecule has 8 rings (SSSR count). The Morgan fingerprint density at radius 2 is 1.98 bits per heavy atom. The van der Waals surface area contributed by atoms with Crippen LogP contribution in [0.1, 0.15) is 41.6 Å². The third-order valence-corrected chi connectivity index (χ3v) is 11.0. The van der Waals surface area contributed by atoms with Crippen molar-refractivity contribution >= 4 is 38.4 Å². The van der Waals surface area contributed by atoms with E-state index in [-0.39, 0.29) is 23.7 Å². The maximum absolute atomic E-state index is 14.2. The minimum Gasteiger partial charge on any atom is -0.505 e. The Hall–Kier alpha value is -3.95. The highest BCUT2D eigenvalue weighted by Gasteiger charge is 2.47. The molecule has 2 unspecified atom stereocenters. The first kappa shape index (κ1) is 26.7. The summed E-state index contributed by atoms with van der Waals surface area (Å²) in [5, 5.41) is 11.7. The lowest BCUT2D eigenvalue weighted by atomic mass is 10.0. The van der Waals surface area contributed by atoms with Crippen LogP contribution in [-0.4, -0.2) is 51.2 Å². The smallest absolute Gasteiger partial charge is 0.254 e. The Morgan fingerprint density at radius 1 is 1.14 bits per heavy atom. The Balaban J connectivity index is 1.24. The quantitative estimate of drug-likeness (QED) is 0.227. The van der Waals surface area contributed by atoms with Gasteiger partial charge in [0.05, 0.1) is 23.4 Å². The summed E-state index contributed by atoms with van der Waals surface area (Å²) in [6.45, 7) is 3.70. The summed E-state index contributed by atoms with van der Waals surface area (Å²) in [7, 11) is 1.66. The van der Waals surface area contributed by atoms with E-state index in [1.807, 2.05) is 29.2 Å². The number of phenols is 1. The van der Waals surface area contributed by atoms with Crippen molar-refractivity contribution in [2.75, 3.05) is 13.7 Å². The molecule has 2 saturated carbocycles. The molecule has 0 radical (unpaired) electrons. The second-order valence-electron chi connectivity index (χ2n) is 12.4. The zero-order valence-corrected chi connectivity index (χ0v) is 25.0. The Bertz CT molecular complexity index is 1940. The summed E-state index contributed by atoms with van der Waals surface area (Å²) in [6.07, 6.45) is 4.45. The number of phenolic OH excluding ortho intramolecular Hbond substituents is 1. The monoisotopic (exact) mass is 596 g/mol. The number of aromatic hydroxyl groups is 1. The molecule has 5 aromatic rings. The van der Waals surface area contributed by atoms with Crippen molar-refractivity contribution < 1.29 is 19.0 Å². The normalized spacial score (nSPS) is 21.4. The maximum atomic E-state index is 14.2. The molecule has 2 aromatic carbocycles. The number of carbonyl (C=O) groups is 1. The van der Waals surface area contributed by atoms with Crippen LogP contribution in [0.2, 0.25) is 0 Å². The third kappa shape index (κ3) is 4.24. The van der Waals surface area contributed by atoms with Crippen LogP contribution in [0.5, 0.6) is 11.5 Å². The van der Waals surface area contributed by atoms with Gasteiger partial charge in [-0.3, -0.25) is 4.79 Å². The van der Waals surface area contributed by atoms with Gasteiger partial charge in [0.1, 0.15) is 11.4 Å². The molecule has 3 fully saturated rings. The molecule has 9 heteroatoms. The molecule has 3 N–H and O–H groups in total. The number of hydrogen-bond donors (Lipinski definition) is 2. The van der Waals surface area contributed by atoms with Gasteiger partial charge in [0, 0.05) is 51.8 Å². The fourth-order valence-electron chi connectivity index (χ4n) is 7.20. The number of benzene rings is 2. The molecular weight excluding hydrogens is 563 g/mol. The summed E-state index contributed by atoms with van der Waals surface area (Å²) < 4.78 is 23.4. The van der Waals surface area contributed by atoms with E-state index in [1.54, 1.807) is 24.5 Å². The summed E-state index contributed by atoms with van der Waals surface area (Å²) >= 11 is 1.68. The van der Waals surface area contributed by atoms with Crippen molar-refractivity contribution in [1.29, 1.82) is 0 Å². The number of aromatic nitrogens is 2. The molecule has 2 aliphatic carbocycles. The Morgan fingerprint density at radius 3 is 2.67 bits per heavy atom. The van der Waals surface area contributed by atoms with Crippen molar-refractivity contribution in [1.82, 2.24) is 14.5 Å². The minimum absolute atomic E-state index is 0.0284. The average Bonchev–Trinajstić information content (AvgIpc) is 3.42. The van der Waals surface area contributed by atoms with Gasteiger partial charge < -0.3 is 25.0 Å². The van der Waals surface area contributed by atoms with E-state index in [0.717, 1.165) is 63.2 Å². The topological polar surface area (TPSA) is 93.6 Å². The van der Waals surface area contributed by atoms with Crippen LogP contribution in [0.4, 0.5) is 4.39 Å². The first-order valence-electron chi connectivity index (χ1n) is 15.0.